The molecule has 3 saturated carbocycles. The van der Waals surface area contributed by atoms with E-state index < -0.39 is 0 Å². The minimum atomic E-state index is 0.363. The van der Waals surface area contributed by atoms with E-state index in [1.807, 2.05) is 0 Å². The van der Waals surface area contributed by atoms with Gasteiger partial charge in [-0.2, -0.15) is 0 Å². The minimum Gasteiger partial charge on any atom is -0.374 e. The lowest BCUT2D eigenvalue weighted by atomic mass is 9.47. The van der Waals surface area contributed by atoms with Gasteiger partial charge in [0, 0.05) is 6.61 Å². The van der Waals surface area contributed by atoms with Crippen molar-refractivity contribution < 1.29 is 4.74 Å². The lowest BCUT2D eigenvalue weighted by Crippen LogP contribution is -2.53. The second-order valence-corrected chi connectivity index (χ2v) is 5.06. The molecule has 0 aromatic carbocycles. The standard InChI is InChI=1S/C12H20O/c1-5-13-11-7-9-6-10(8(11)2)12(9,3)4/h9-11H,2,5-7H2,1,3-4H3. The van der Waals surface area contributed by atoms with Crippen molar-refractivity contribution in [3.8, 4) is 0 Å². The van der Waals surface area contributed by atoms with Gasteiger partial charge >= 0.3 is 0 Å². The molecule has 3 aliphatic carbocycles. The zero-order valence-electron chi connectivity index (χ0n) is 8.97. The van der Waals surface area contributed by atoms with Crippen molar-refractivity contribution in [1.82, 2.24) is 0 Å². The highest BCUT2D eigenvalue weighted by Gasteiger charge is 2.54. The van der Waals surface area contributed by atoms with Crippen LogP contribution < -0.4 is 0 Å². The molecule has 0 N–H and O–H groups in total. The molecule has 3 unspecified atom stereocenters. The monoisotopic (exact) mass is 180 g/mol. The van der Waals surface area contributed by atoms with E-state index in [1.165, 1.54) is 18.4 Å². The van der Waals surface area contributed by atoms with Crippen LogP contribution in [0.5, 0.6) is 0 Å². The van der Waals surface area contributed by atoms with Crippen LogP contribution in [0.2, 0.25) is 0 Å². The van der Waals surface area contributed by atoms with Crippen LogP contribution in [0.1, 0.15) is 33.6 Å². The normalized spacial score (nSPS) is 41.5. The van der Waals surface area contributed by atoms with E-state index in [1.54, 1.807) is 0 Å². The van der Waals surface area contributed by atoms with Crippen LogP contribution in [0.3, 0.4) is 0 Å². The number of hydrogen-bond acceptors (Lipinski definition) is 1. The topological polar surface area (TPSA) is 9.23 Å². The molecule has 3 atom stereocenters. The van der Waals surface area contributed by atoms with Crippen LogP contribution in [0.15, 0.2) is 12.2 Å². The van der Waals surface area contributed by atoms with Gasteiger partial charge in [0.15, 0.2) is 0 Å². The molecule has 3 fully saturated rings. The van der Waals surface area contributed by atoms with Gasteiger partial charge < -0.3 is 4.74 Å². The molecule has 0 aromatic heterocycles. The van der Waals surface area contributed by atoms with E-state index in [0.29, 0.717) is 11.5 Å². The number of fused-ring (bicyclic) bond motifs is 2. The lowest BCUT2D eigenvalue weighted by Gasteiger charge is -2.59. The smallest absolute Gasteiger partial charge is 0.0788 e. The molecule has 3 rings (SSSR count). The molecule has 1 heteroatoms. The van der Waals surface area contributed by atoms with Crippen LogP contribution in [-0.4, -0.2) is 12.7 Å². The number of hydrogen-bond donors (Lipinski definition) is 0. The summed E-state index contributed by atoms with van der Waals surface area (Å²) < 4.78 is 5.69. The minimum absolute atomic E-state index is 0.363. The summed E-state index contributed by atoms with van der Waals surface area (Å²) in [6, 6.07) is 0. The van der Waals surface area contributed by atoms with Gasteiger partial charge in [-0.05, 0) is 42.6 Å². The van der Waals surface area contributed by atoms with Crippen molar-refractivity contribution in [3.05, 3.63) is 12.2 Å². The summed E-state index contributed by atoms with van der Waals surface area (Å²) in [5.74, 6) is 1.60. The van der Waals surface area contributed by atoms with Gasteiger partial charge in [-0.1, -0.05) is 20.4 Å². The van der Waals surface area contributed by atoms with Crippen molar-refractivity contribution in [2.45, 2.75) is 39.7 Å². The molecule has 0 aromatic rings. The Balaban J connectivity index is 2.08. The molecule has 0 amide bonds. The Bertz CT molecular complexity index is 229. The summed E-state index contributed by atoms with van der Waals surface area (Å²) in [4.78, 5) is 0. The Kier molecular flexibility index (Phi) is 2.03. The van der Waals surface area contributed by atoms with Crippen LogP contribution in [0, 0.1) is 17.3 Å². The van der Waals surface area contributed by atoms with Crippen LogP contribution in [0.25, 0.3) is 0 Å². The Hall–Kier alpha value is -0.300. The van der Waals surface area contributed by atoms with Gasteiger partial charge in [0.25, 0.3) is 0 Å². The molecule has 1 nitrogen and oxygen atoms in total. The molecule has 74 valence electrons. The lowest BCUT2D eigenvalue weighted by molar-refractivity contribution is -0.0885. The number of rotatable bonds is 2. The Morgan fingerprint density at radius 3 is 2.62 bits per heavy atom. The summed E-state index contributed by atoms with van der Waals surface area (Å²) in [6.45, 7) is 11.8. The van der Waals surface area contributed by atoms with Crippen molar-refractivity contribution in [2.24, 2.45) is 17.3 Å². The highest BCUT2D eigenvalue weighted by atomic mass is 16.5. The second-order valence-electron chi connectivity index (χ2n) is 5.06. The summed E-state index contributed by atoms with van der Waals surface area (Å²) in [5.41, 5.74) is 1.86. The quantitative estimate of drug-likeness (QED) is 0.593. The van der Waals surface area contributed by atoms with Crippen molar-refractivity contribution in [1.29, 1.82) is 0 Å². The maximum Gasteiger partial charge on any atom is 0.0788 e. The molecule has 0 aliphatic heterocycles. The second kappa shape index (κ2) is 2.84. The fourth-order valence-electron chi connectivity index (χ4n) is 3.06. The molecule has 0 spiro atoms. The van der Waals surface area contributed by atoms with E-state index in [0.717, 1.165) is 18.4 Å². The molecular formula is C12H20O. The highest BCUT2D eigenvalue weighted by molar-refractivity contribution is 5.23. The zero-order valence-corrected chi connectivity index (χ0v) is 8.97. The van der Waals surface area contributed by atoms with Crippen molar-refractivity contribution >= 4 is 0 Å². The van der Waals surface area contributed by atoms with Gasteiger partial charge in [-0.3, -0.25) is 0 Å². The maximum atomic E-state index is 5.69. The van der Waals surface area contributed by atoms with Crippen molar-refractivity contribution in [3.63, 3.8) is 0 Å². The Morgan fingerprint density at radius 1 is 1.46 bits per heavy atom. The molecule has 0 radical (unpaired) electrons. The first-order chi connectivity index (χ1) is 6.07. The maximum absolute atomic E-state index is 5.69. The van der Waals surface area contributed by atoms with E-state index in [9.17, 15) is 0 Å². The summed E-state index contributed by atoms with van der Waals surface area (Å²) in [6.07, 6.45) is 2.92. The van der Waals surface area contributed by atoms with Crippen LogP contribution in [0.4, 0.5) is 0 Å². The first-order valence-electron chi connectivity index (χ1n) is 5.37. The summed E-state index contributed by atoms with van der Waals surface area (Å²) in [7, 11) is 0. The van der Waals surface area contributed by atoms with E-state index in [2.05, 4.69) is 27.4 Å². The zero-order chi connectivity index (χ0) is 9.64. The highest BCUT2D eigenvalue weighted by Crippen LogP contribution is 2.61. The van der Waals surface area contributed by atoms with Gasteiger partial charge in [-0.15, -0.1) is 0 Å². The Labute approximate surface area is 81.2 Å². The summed E-state index contributed by atoms with van der Waals surface area (Å²) in [5, 5.41) is 0. The van der Waals surface area contributed by atoms with Crippen LogP contribution in [-0.2, 0) is 4.74 Å². The molecule has 0 saturated heterocycles. The average Bonchev–Trinajstić information content (AvgIpc) is 2.08. The van der Waals surface area contributed by atoms with Crippen molar-refractivity contribution in [2.75, 3.05) is 6.61 Å². The summed E-state index contributed by atoms with van der Waals surface area (Å²) >= 11 is 0. The fraction of sp³-hybridized carbons (Fsp3) is 0.833. The average molecular weight is 180 g/mol. The van der Waals surface area contributed by atoms with Gasteiger partial charge in [0.2, 0.25) is 0 Å². The van der Waals surface area contributed by atoms with E-state index in [-0.39, 0.29) is 0 Å². The van der Waals surface area contributed by atoms with Gasteiger partial charge in [-0.25, -0.2) is 0 Å². The third kappa shape index (κ3) is 1.17. The van der Waals surface area contributed by atoms with E-state index in [4.69, 9.17) is 4.74 Å². The molecule has 2 bridgehead atoms. The Morgan fingerprint density at radius 2 is 2.15 bits per heavy atom. The van der Waals surface area contributed by atoms with Gasteiger partial charge in [0.1, 0.15) is 0 Å². The van der Waals surface area contributed by atoms with E-state index >= 15 is 0 Å². The van der Waals surface area contributed by atoms with Gasteiger partial charge in [0.05, 0.1) is 6.10 Å². The fourth-order valence-corrected chi connectivity index (χ4v) is 3.06. The first kappa shape index (κ1) is 9.26. The molecular weight excluding hydrogens is 160 g/mol. The SMILES string of the molecule is C=C1C(OCC)CC2CC1C2(C)C. The number of ether oxygens (including phenoxy) is 1. The first-order valence-corrected chi connectivity index (χ1v) is 5.37. The molecule has 0 heterocycles. The largest absolute Gasteiger partial charge is 0.374 e. The van der Waals surface area contributed by atoms with Crippen LogP contribution >= 0.6 is 0 Å². The predicted molar refractivity (Wildman–Crippen MR) is 54.5 cm³/mol. The molecule has 3 aliphatic rings. The predicted octanol–water partition coefficient (Wildman–Crippen LogP) is 3.01. The third-order valence-electron chi connectivity index (χ3n) is 4.20. The third-order valence-corrected chi connectivity index (χ3v) is 4.20. The molecule has 13 heavy (non-hydrogen) atoms.